The quantitative estimate of drug-likeness (QED) is 0.360. The third-order valence-corrected chi connectivity index (χ3v) is 8.85. The third-order valence-electron chi connectivity index (χ3n) is 8.62. The zero-order valence-electron chi connectivity index (χ0n) is 24.5. The fourth-order valence-corrected chi connectivity index (χ4v) is 6.89. The number of ether oxygens (including phenoxy) is 1. The van der Waals surface area contributed by atoms with E-state index < -0.39 is 5.60 Å². The van der Waals surface area contributed by atoms with E-state index in [0.29, 0.717) is 23.7 Å². The number of rotatable bonds is 4. The van der Waals surface area contributed by atoms with E-state index in [4.69, 9.17) is 21.3 Å². The highest BCUT2D eigenvalue weighted by atomic mass is 35.5. The van der Waals surface area contributed by atoms with Gasteiger partial charge in [-0.15, -0.1) is 0 Å². The minimum atomic E-state index is -0.530. The van der Waals surface area contributed by atoms with Gasteiger partial charge in [0.2, 0.25) is 0 Å². The first-order valence-electron chi connectivity index (χ1n) is 14.9. The number of hydrogen-bond donors (Lipinski definition) is 0. The molecule has 2 aliphatic heterocycles. The number of halogens is 1. The van der Waals surface area contributed by atoms with Gasteiger partial charge in [-0.25, -0.2) is 9.78 Å². The standard InChI is InChI=1S/C33H38ClN5O3/c1-33(2,3)42-32(41)38-15-10-22(11-16-38)29-26-9-8-24(34)18-23(26)19-28(27-7-4-12-36-30(27)29)31(40)39-14-5-6-25(39)20-37-17-13-35-21-37/h4,7-9,12-13,17-19,21-22,25,29H,5-6,10-11,14-16,20H2,1-3H3/t25-,29?/m0/s1. The number of fused-ring (bicyclic) bond motifs is 2. The zero-order valence-corrected chi connectivity index (χ0v) is 25.3. The average molecular weight is 588 g/mol. The summed E-state index contributed by atoms with van der Waals surface area (Å²) in [5, 5.41) is 0.633. The summed E-state index contributed by atoms with van der Waals surface area (Å²) in [6.07, 6.45) is 12.7. The summed E-state index contributed by atoms with van der Waals surface area (Å²) in [7, 11) is 0. The average Bonchev–Trinajstić information content (AvgIpc) is 3.62. The molecule has 0 N–H and O–H groups in total. The van der Waals surface area contributed by atoms with Gasteiger partial charge in [0.25, 0.3) is 5.91 Å². The number of hydrogen-bond acceptors (Lipinski definition) is 5. The van der Waals surface area contributed by atoms with Crippen LogP contribution in [0.2, 0.25) is 5.02 Å². The highest BCUT2D eigenvalue weighted by Crippen LogP contribution is 2.45. The Morgan fingerprint density at radius 1 is 1.07 bits per heavy atom. The molecule has 3 aromatic rings. The van der Waals surface area contributed by atoms with Gasteiger partial charge in [0.1, 0.15) is 5.60 Å². The van der Waals surface area contributed by atoms with Crippen LogP contribution in [0.1, 0.15) is 74.8 Å². The number of amides is 2. The molecule has 1 aliphatic carbocycles. The van der Waals surface area contributed by atoms with Gasteiger partial charge in [-0.1, -0.05) is 23.7 Å². The summed E-state index contributed by atoms with van der Waals surface area (Å²) < 4.78 is 7.68. The van der Waals surface area contributed by atoms with Crippen molar-refractivity contribution in [2.75, 3.05) is 19.6 Å². The number of piperidine rings is 1. The number of aromatic nitrogens is 3. The molecule has 8 nitrogen and oxygen atoms in total. The maximum Gasteiger partial charge on any atom is 0.410 e. The minimum absolute atomic E-state index is 0.0261. The molecular weight excluding hydrogens is 550 g/mol. The molecule has 2 amide bonds. The SMILES string of the molecule is CC(C)(C)OC(=O)N1CCC(C2c3ccc(Cl)cc3C=C(C(=O)N3CCC[C@H]3Cn3ccnc3)c3cccnc32)CC1. The summed E-state index contributed by atoms with van der Waals surface area (Å²) in [5.74, 6) is 0.232. The Bertz CT molecular complexity index is 1490. The highest BCUT2D eigenvalue weighted by Gasteiger charge is 2.39. The Hall–Kier alpha value is -3.65. The van der Waals surface area contributed by atoms with E-state index in [-0.39, 0.29) is 29.9 Å². The Labute approximate surface area is 252 Å². The van der Waals surface area contributed by atoms with Crippen molar-refractivity contribution in [1.29, 1.82) is 0 Å². The molecule has 4 heterocycles. The third kappa shape index (κ3) is 5.82. The molecule has 220 valence electrons. The van der Waals surface area contributed by atoms with Crippen molar-refractivity contribution >= 4 is 35.3 Å². The lowest BCUT2D eigenvalue weighted by atomic mass is 9.76. The Balaban J connectivity index is 1.33. The molecule has 2 aromatic heterocycles. The van der Waals surface area contributed by atoms with Gasteiger partial charge in [-0.2, -0.15) is 0 Å². The van der Waals surface area contributed by atoms with Crippen LogP contribution in [-0.4, -0.2) is 67.6 Å². The van der Waals surface area contributed by atoms with Gasteiger partial charge in [0.15, 0.2) is 0 Å². The molecule has 0 spiro atoms. The second-order valence-electron chi connectivity index (χ2n) is 12.6. The van der Waals surface area contributed by atoms with Crippen LogP contribution in [0.3, 0.4) is 0 Å². The molecule has 1 unspecified atom stereocenters. The summed E-state index contributed by atoms with van der Waals surface area (Å²) in [5.41, 5.74) is 4.00. The zero-order chi connectivity index (χ0) is 29.4. The first kappa shape index (κ1) is 28.5. The van der Waals surface area contributed by atoms with E-state index in [1.807, 2.05) is 84.2 Å². The molecule has 0 saturated carbocycles. The first-order valence-corrected chi connectivity index (χ1v) is 15.3. The molecule has 3 aliphatic rings. The molecule has 6 rings (SSSR count). The van der Waals surface area contributed by atoms with E-state index in [2.05, 4.69) is 11.1 Å². The Morgan fingerprint density at radius 3 is 2.62 bits per heavy atom. The lowest BCUT2D eigenvalue weighted by molar-refractivity contribution is -0.125. The molecule has 42 heavy (non-hydrogen) atoms. The summed E-state index contributed by atoms with van der Waals surface area (Å²) in [4.78, 5) is 40.1. The van der Waals surface area contributed by atoms with Crippen molar-refractivity contribution in [1.82, 2.24) is 24.3 Å². The van der Waals surface area contributed by atoms with Crippen molar-refractivity contribution in [2.45, 2.75) is 70.6 Å². The van der Waals surface area contributed by atoms with Crippen molar-refractivity contribution in [3.05, 3.63) is 82.7 Å². The summed E-state index contributed by atoms with van der Waals surface area (Å²) in [6.45, 7) is 8.35. The molecule has 2 saturated heterocycles. The van der Waals surface area contributed by atoms with Crippen molar-refractivity contribution < 1.29 is 14.3 Å². The van der Waals surface area contributed by atoms with Crippen LogP contribution in [0, 0.1) is 5.92 Å². The number of likely N-dealkylation sites (tertiary alicyclic amines) is 2. The van der Waals surface area contributed by atoms with Crippen molar-refractivity contribution in [3.63, 3.8) is 0 Å². The predicted octanol–water partition coefficient (Wildman–Crippen LogP) is 6.26. The van der Waals surface area contributed by atoms with E-state index in [1.165, 1.54) is 0 Å². The van der Waals surface area contributed by atoms with Gasteiger partial charge >= 0.3 is 6.09 Å². The summed E-state index contributed by atoms with van der Waals surface area (Å²) in [6, 6.07) is 10.0. The van der Waals surface area contributed by atoms with Crippen molar-refractivity contribution in [2.24, 2.45) is 5.92 Å². The van der Waals surface area contributed by atoms with Gasteiger partial charge < -0.3 is 19.1 Å². The van der Waals surface area contributed by atoms with E-state index in [1.54, 1.807) is 6.20 Å². The minimum Gasteiger partial charge on any atom is -0.444 e. The van der Waals surface area contributed by atoms with E-state index in [0.717, 1.165) is 61.2 Å². The van der Waals surface area contributed by atoms with Crippen LogP contribution in [0.5, 0.6) is 0 Å². The highest BCUT2D eigenvalue weighted by molar-refractivity contribution is 6.31. The monoisotopic (exact) mass is 587 g/mol. The van der Waals surface area contributed by atoms with Crippen LogP contribution < -0.4 is 0 Å². The second-order valence-corrected chi connectivity index (χ2v) is 13.0. The fourth-order valence-electron chi connectivity index (χ4n) is 6.71. The summed E-state index contributed by atoms with van der Waals surface area (Å²) >= 11 is 6.53. The van der Waals surface area contributed by atoms with Crippen LogP contribution in [-0.2, 0) is 16.1 Å². The van der Waals surface area contributed by atoms with Crippen LogP contribution in [0.15, 0.2) is 55.2 Å². The van der Waals surface area contributed by atoms with Crippen LogP contribution in [0.25, 0.3) is 11.6 Å². The maximum atomic E-state index is 14.4. The lowest BCUT2D eigenvalue weighted by Crippen LogP contribution is -2.42. The normalized spacial score (nSPS) is 20.9. The number of nitrogens with zero attached hydrogens (tertiary/aromatic N) is 5. The van der Waals surface area contributed by atoms with Crippen LogP contribution >= 0.6 is 11.6 Å². The lowest BCUT2D eigenvalue weighted by Gasteiger charge is -2.37. The van der Waals surface area contributed by atoms with Crippen LogP contribution in [0.4, 0.5) is 4.79 Å². The smallest absolute Gasteiger partial charge is 0.410 e. The number of carbonyl (C=O) groups excluding carboxylic acids is 2. The molecular formula is C33H38ClN5O3. The molecule has 0 bridgehead atoms. The molecule has 1 aromatic carbocycles. The second kappa shape index (κ2) is 11.6. The van der Waals surface area contributed by atoms with Gasteiger partial charge in [0, 0.05) is 72.9 Å². The number of benzene rings is 1. The Kier molecular flexibility index (Phi) is 7.83. The van der Waals surface area contributed by atoms with Gasteiger partial charge in [-0.3, -0.25) is 9.78 Å². The number of pyridine rings is 1. The number of imidazole rings is 1. The largest absolute Gasteiger partial charge is 0.444 e. The fraction of sp³-hybridized carbons (Fsp3) is 0.455. The van der Waals surface area contributed by atoms with E-state index in [9.17, 15) is 9.59 Å². The topological polar surface area (TPSA) is 80.6 Å². The first-order chi connectivity index (χ1) is 20.2. The number of carbonyl (C=O) groups is 2. The maximum absolute atomic E-state index is 14.4. The Morgan fingerprint density at radius 2 is 1.88 bits per heavy atom. The molecule has 0 radical (unpaired) electrons. The van der Waals surface area contributed by atoms with Gasteiger partial charge in [0.05, 0.1) is 12.0 Å². The molecule has 2 atom stereocenters. The predicted molar refractivity (Wildman–Crippen MR) is 163 cm³/mol. The molecule has 2 fully saturated rings. The van der Waals surface area contributed by atoms with Gasteiger partial charge in [-0.05, 0) is 87.8 Å². The molecule has 9 heteroatoms. The van der Waals surface area contributed by atoms with E-state index >= 15 is 0 Å². The van der Waals surface area contributed by atoms with Crippen molar-refractivity contribution in [3.8, 4) is 0 Å².